The number of para-hydroxylation sites is 1. The molecule has 0 aliphatic carbocycles. The molecule has 6 nitrogen and oxygen atoms in total. The molecule has 3 aromatic rings. The molecule has 0 saturated heterocycles. The van der Waals surface area contributed by atoms with E-state index in [4.69, 9.17) is 4.74 Å². The molecule has 24 heavy (non-hydrogen) atoms. The molecule has 0 aliphatic heterocycles. The first-order chi connectivity index (χ1) is 11.4. The van der Waals surface area contributed by atoms with E-state index in [1.54, 1.807) is 10.8 Å². The first kappa shape index (κ1) is 16.2. The Balaban J connectivity index is 1.64. The van der Waals surface area contributed by atoms with Gasteiger partial charge in [0.25, 0.3) is 0 Å². The van der Waals surface area contributed by atoms with Gasteiger partial charge >= 0.3 is 0 Å². The van der Waals surface area contributed by atoms with Crippen molar-refractivity contribution in [2.45, 2.75) is 26.2 Å². The fourth-order valence-corrected chi connectivity index (χ4v) is 2.54. The number of ether oxygens (including phenoxy) is 1. The molecule has 0 radical (unpaired) electrons. The summed E-state index contributed by atoms with van der Waals surface area (Å²) in [5.41, 5.74) is 2.02. The van der Waals surface area contributed by atoms with Gasteiger partial charge in [-0.2, -0.15) is 4.52 Å². The molecule has 0 amide bonds. The predicted octanol–water partition coefficient (Wildman–Crippen LogP) is 2.94. The summed E-state index contributed by atoms with van der Waals surface area (Å²) in [5.74, 6) is 1.80. The SMILES string of the molecule is CN(CCOc1ccccc1C(C)(C)C)c1ccc2nncn2n1. The lowest BCUT2D eigenvalue weighted by molar-refractivity contribution is 0.316. The summed E-state index contributed by atoms with van der Waals surface area (Å²) in [6.45, 7) is 7.91. The van der Waals surface area contributed by atoms with Crippen LogP contribution in [0.15, 0.2) is 42.7 Å². The van der Waals surface area contributed by atoms with Crippen LogP contribution in [0.1, 0.15) is 26.3 Å². The average molecular weight is 325 g/mol. The van der Waals surface area contributed by atoms with E-state index in [1.807, 2.05) is 31.3 Å². The lowest BCUT2D eigenvalue weighted by Crippen LogP contribution is -2.25. The van der Waals surface area contributed by atoms with Crippen LogP contribution < -0.4 is 9.64 Å². The lowest BCUT2D eigenvalue weighted by atomic mass is 9.86. The van der Waals surface area contributed by atoms with Gasteiger partial charge in [-0.1, -0.05) is 39.0 Å². The van der Waals surface area contributed by atoms with Crippen LogP contribution in [0, 0.1) is 0 Å². The Labute approximate surface area is 142 Å². The first-order valence-electron chi connectivity index (χ1n) is 8.06. The van der Waals surface area contributed by atoms with Crippen LogP contribution in [0.3, 0.4) is 0 Å². The quantitative estimate of drug-likeness (QED) is 0.722. The van der Waals surface area contributed by atoms with Crippen LogP contribution in [0.25, 0.3) is 5.65 Å². The summed E-state index contributed by atoms with van der Waals surface area (Å²) in [6, 6.07) is 12.1. The number of hydrogen-bond donors (Lipinski definition) is 0. The van der Waals surface area contributed by atoms with E-state index in [9.17, 15) is 0 Å². The van der Waals surface area contributed by atoms with Crippen molar-refractivity contribution in [1.82, 2.24) is 19.8 Å². The Bertz CT molecular complexity index is 821. The summed E-state index contributed by atoms with van der Waals surface area (Å²) in [5, 5.41) is 12.3. The third-order valence-corrected chi connectivity index (χ3v) is 3.92. The van der Waals surface area contributed by atoms with E-state index in [0.29, 0.717) is 6.61 Å². The minimum Gasteiger partial charge on any atom is -0.491 e. The highest BCUT2D eigenvalue weighted by Crippen LogP contribution is 2.30. The maximum Gasteiger partial charge on any atom is 0.177 e. The van der Waals surface area contributed by atoms with Crippen molar-refractivity contribution in [3.05, 3.63) is 48.3 Å². The van der Waals surface area contributed by atoms with Gasteiger partial charge in [0.05, 0.1) is 6.54 Å². The molecule has 126 valence electrons. The lowest BCUT2D eigenvalue weighted by Gasteiger charge is -2.24. The van der Waals surface area contributed by atoms with Crippen LogP contribution in [-0.2, 0) is 5.41 Å². The maximum absolute atomic E-state index is 6.03. The summed E-state index contributed by atoms with van der Waals surface area (Å²) < 4.78 is 7.70. The largest absolute Gasteiger partial charge is 0.491 e. The smallest absolute Gasteiger partial charge is 0.177 e. The monoisotopic (exact) mass is 325 g/mol. The Morgan fingerprint density at radius 3 is 2.71 bits per heavy atom. The zero-order chi connectivity index (χ0) is 17.2. The van der Waals surface area contributed by atoms with Crippen molar-refractivity contribution in [1.29, 1.82) is 0 Å². The minimum absolute atomic E-state index is 0.0590. The van der Waals surface area contributed by atoms with E-state index in [2.05, 4.69) is 53.1 Å². The van der Waals surface area contributed by atoms with Crippen molar-refractivity contribution in [2.24, 2.45) is 0 Å². The standard InChI is InChI=1S/C18H23N5O/c1-18(2,3)14-7-5-6-8-15(14)24-12-11-22(4)17-10-9-16-20-19-13-23(16)21-17/h5-10,13H,11-12H2,1-4H3. The highest BCUT2D eigenvalue weighted by atomic mass is 16.5. The highest BCUT2D eigenvalue weighted by Gasteiger charge is 2.18. The van der Waals surface area contributed by atoms with Crippen molar-refractivity contribution in [3.63, 3.8) is 0 Å². The van der Waals surface area contributed by atoms with Gasteiger partial charge < -0.3 is 9.64 Å². The molecule has 0 saturated carbocycles. The number of fused-ring (bicyclic) bond motifs is 1. The predicted molar refractivity (Wildman–Crippen MR) is 94.7 cm³/mol. The van der Waals surface area contributed by atoms with Crippen LogP contribution in [0.2, 0.25) is 0 Å². The van der Waals surface area contributed by atoms with Crippen LogP contribution in [0.5, 0.6) is 5.75 Å². The fraction of sp³-hybridized carbons (Fsp3) is 0.389. The Hall–Kier alpha value is -2.63. The van der Waals surface area contributed by atoms with Gasteiger partial charge in [0.15, 0.2) is 5.65 Å². The summed E-state index contributed by atoms with van der Waals surface area (Å²) in [6.07, 6.45) is 1.60. The zero-order valence-electron chi connectivity index (χ0n) is 14.6. The van der Waals surface area contributed by atoms with Crippen LogP contribution in [-0.4, -0.2) is 40.0 Å². The second-order valence-electron chi connectivity index (χ2n) is 6.84. The van der Waals surface area contributed by atoms with E-state index in [-0.39, 0.29) is 5.41 Å². The molecule has 0 N–H and O–H groups in total. The van der Waals surface area contributed by atoms with Crippen LogP contribution in [0.4, 0.5) is 5.82 Å². The minimum atomic E-state index is 0.0590. The van der Waals surface area contributed by atoms with Crippen molar-refractivity contribution >= 4 is 11.5 Å². The van der Waals surface area contributed by atoms with Gasteiger partial charge in [0.1, 0.15) is 24.5 Å². The van der Waals surface area contributed by atoms with Gasteiger partial charge in [-0.05, 0) is 29.2 Å². The number of nitrogens with zero attached hydrogens (tertiary/aromatic N) is 5. The molecule has 0 atom stereocenters. The topological polar surface area (TPSA) is 55.5 Å². The Morgan fingerprint density at radius 1 is 1.12 bits per heavy atom. The number of anilines is 1. The molecule has 1 aromatic carbocycles. The van der Waals surface area contributed by atoms with E-state index in [0.717, 1.165) is 23.8 Å². The van der Waals surface area contributed by atoms with E-state index >= 15 is 0 Å². The number of rotatable bonds is 5. The average Bonchev–Trinajstić information content (AvgIpc) is 3.01. The molecule has 0 aliphatic rings. The normalized spacial score (nSPS) is 11.7. The molecule has 2 aromatic heterocycles. The Kier molecular flexibility index (Phi) is 4.38. The highest BCUT2D eigenvalue weighted by molar-refractivity contribution is 5.44. The maximum atomic E-state index is 6.03. The van der Waals surface area contributed by atoms with Gasteiger partial charge in [0, 0.05) is 7.05 Å². The van der Waals surface area contributed by atoms with Gasteiger partial charge in [-0.25, -0.2) is 0 Å². The molecular formula is C18H23N5O. The Morgan fingerprint density at radius 2 is 1.92 bits per heavy atom. The van der Waals surface area contributed by atoms with Gasteiger partial charge in [-0.3, -0.25) is 0 Å². The third kappa shape index (κ3) is 3.48. The molecule has 6 heteroatoms. The van der Waals surface area contributed by atoms with Crippen molar-refractivity contribution in [3.8, 4) is 5.75 Å². The molecule has 0 spiro atoms. The zero-order valence-corrected chi connectivity index (χ0v) is 14.6. The molecular weight excluding hydrogens is 302 g/mol. The molecule has 0 bridgehead atoms. The van der Waals surface area contributed by atoms with E-state index < -0.39 is 0 Å². The second-order valence-corrected chi connectivity index (χ2v) is 6.84. The number of aromatic nitrogens is 4. The molecule has 2 heterocycles. The number of likely N-dealkylation sites (N-methyl/N-ethyl adjacent to an activating group) is 1. The summed E-state index contributed by atoms with van der Waals surface area (Å²) in [7, 11) is 2.00. The fourth-order valence-electron chi connectivity index (χ4n) is 2.54. The number of hydrogen-bond acceptors (Lipinski definition) is 5. The summed E-state index contributed by atoms with van der Waals surface area (Å²) in [4.78, 5) is 2.05. The van der Waals surface area contributed by atoms with Crippen LogP contribution >= 0.6 is 0 Å². The third-order valence-electron chi connectivity index (χ3n) is 3.92. The van der Waals surface area contributed by atoms with E-state index in [1.165, 1.54) is 5.56 Å². The van der Waals surface area contributed by atoms with Crippen molar-refractivity contribution in [2.75, 3.05) is 25.1 Å². The second kappa shape index (κ2) is 6.47. The molecule has 0 unspecified atom stereocenters. The summed E-state index contributed by atoms with van der Waals surface area (Å²) >= 11 is 0. The van der Waals surface area contributed by atoms with Gasteiger partial charge in [0.2, 0.25) is 0 Å². The number of benzene rings is 1. The van der Waals surface area contributed by atoms with Crippen molar-refractivity contribution < 1.29 is 4.74 Å². The first-order valence-corrected chi connectivity index (χ1v) is 8.06. The molecule has 3 rings (SSSR count). The molecule has 0 fully saturated rings. The van der Waals surface area contributed by atoms with Gasteiger partial charge in [-0.15, -0.1) is 15.3 Å².